The molecule has 0 atom stereocenters. The Morgan fingerprint density at radius 3 is 2.86 bits per heavy atom. The number of rotatable bonds is 1. The highest BCUT2D eigenvalue weighted by atomic mass is 35.5. The predicted molar refractivity (Wildman–Crippen MR) is 53.8 cm³/mol. The normalized spacial score (nSPS) is 10.7. The molecule has 1 radical (unpaired) electrons. The minimum absolute atomic E-state index is 0.0170. The van der Waals surface area contributed by atoms with Gasteiger partial charge in [-0.2, -0.15) is 0 Å². The van der Waals surface area contributed by atoms with Crippen LogP contribution >= 0.6 is 23.2 Å². The first-order valence-corrected chi connectivity index (χ1v) is 4.38. The van der Waals surface area contributed by atoms with Gasteiger partial charge in [0.15, 0.2) is 0 Å². The summed E-state index contributed by atoms with van der Waals surface area (Å²) in [7, 11) is 0. The molecule has 6 heteroatoms. The van der Waals surface area contributed by atoms with Crippen LogP contribution < -0.4 is 0 Å². The van der Waals surface area contributed by atoms with Gasteiger partial charge in [-0.05, 0) is 12.1 Å². The first-order valence-electron chi connectivity index (χ1n) is 3.62. The molecular formula is C8H3Cl2N2O2. The van der Waals surface area contributed by atoms with E-state index in [0.717, 1.165) is 0 Å². The third kappa shape index (κ3) is 1.23. The van der Waals surface area contributed by atoms with Gasteiger partial charge in [0, 0.05) is 10.9 Å². The van der Waals surface area contributed by atoms with Crippen LogP contribution in [0.2, 0.25) is 10.0 Å². The zero-order valence-electron chi connectivity index (χ0n) is 6.67. The Morgan fingerprint density at radius 2 is 2.21 bits per heavy atom. The van der Waals surface area contributed by atoms with E-state index < -0.39 is 4.92 Å². The first-order chi connectivity index (χ1) is 6.61. The number of nitrogens with zero attached hydrogens (tertiary/aromatic N) is 1. The lowest BCUT2D eigenvalue weighted by Crippen LogP contribution is -1.90. The number of hydrogen-bond acceptors (Lipinski definition) is 2. The molecule has 0 bridgehead atoms. The van der Waals surface area contributed by atoms with Crippen LogP contribution in [0.4, 0.5) is 5.69 Å². The lowest BCUT2D eigenvalue weighted by molar-refractivity contribution is -0.384. The summed E-state index contributed by atoms with van der Waals surface area (Å²) in [5, 5.41) is 11.2. The lowest BCUT2D eigenvalue weighted by atomic mass is 10.2. The van der Waals surface area contributed by atoms with Crippen molar-refractivity contribution in [2.24, 2.45) is 0 Å². The lowest BCUT2D eigenvalue weighted by Gasteiger charge is -1.99. The predicted octanol–water partition coefficient (Wildman–Crippen LogP) is 3.18. The first kappa shape index (κ1) is 9.30. The molecule has 0 aliphatic heterocycles. The van der Waals surface area contributed by atoms with E-state index in [4.69, 9.17) is 23.2 Å². The van der Waals surface area contributed by atoms with E-state index in [1.165, 1.54) is 6.07 Å². The Hall–Kier alpha value is -1.26. The Morgan fingerprint density at radius 1 is 1.50 bits per heavy atom. The van der Waals surface area contributed by atoms with Crippen LogP contribution in [0.25, 0.3) is 10.9 Å². The maximum atomic E-state index is 10.6. The highest BCUT2D eigenvalue weighted by molar-refractivity contribution is 6.42. The molecule has 71 valence electrons. The maximum absolute atomic E-state index is 10.6. The minimum atomic E-state index is -0.600. The summed E-state index contributed by atoms with van der Waals surface area (Å²) in [5.41, 5.74) is 0.361. The van der Waals surface area contributed by atoms with Gasteiger partial charge in [0.2, 0.25) is 0 Å². The third-order valence-electron chi connectivity index (χ3n) is 1.84. The Bertz CT molecular complexity index is 521. The number of benzene rings is 1. The number of aromatic amines is 1. The fourth-order valence-electron chi connectivity index (χ4n) is 1.22. The van der Waals surface area contributed by atoms with Crippen molar-refractivity contribution >= 4 is 39.8 Å². The molecule has 1 aromatic carbocycles. The molecule has 0 fully saturated rings. The molecular weight excluding hydrogens is 227 g/mol. The van der Waals surface area contributed by atoms with Crippen LogP contribution in [0, 0.1) is 16.3 Å². The molecule has 0 amide bonds. The molecule has 0 aliphatic carbocycles. The van der Waals surface area contributed by atoms with Crippen LogP contribution in [-0.4, -0.2) is 9.91 Å². The van der Waals surface area contributed by atoms with Crippen molar-refractivity contribution in [3.8, 4) is 0 Å². The number of hydrogen-bond donors (Lipinski definition) is 1. The second-order valence-corrected chi connectivity index (χ2v) is 3.44. The molecule has 0 unspecified atom stereocenters. The zero-order chi connectivity index (χ0) is 10.3. The molecule has 2 aromatic rings. The number of nitro benzene ring substituents is 1. The number of fused-ring (bicyclic) bond motifs is 1. The van der Waals surface area contributed by atoms with Crippen LogP contribution in [0.5, 0.6) is 0 Å². The molecule has 4 nitrogen and oxygen atoms in total. The summed E-state index contributed by atoms with van der Waals surface area (Å²) in [5.74, 6) is 0. The molecule has 2 rings (SSSR count). The van der Waals surface area contributed by atoms with E-state index >= 15 is 0 Å². The van der Waals surface area contributed by atoms with Gasteiger partial charge in [-0.15, -0.1) is 0 Å². The highest BCUT2D eigenvalue weighted by Crippen LogP contribution is 2.38. The standard InChI is InChI=1S/C8H3Cl2N2O2/c9-5-3-6-4(1-2-11-6)7(10)8(5)12(13)14/h1,3,11H. The van der Waals surface area contributed by atoms with E-state index in [9.17, 15) is 10.1 Å². The van der Waals surface area contributed by atoms with E-state index in [-0.39, 0.29) is 15.7 Å². The smallest absolute Gasteiger partial charge is 0.307 e. The monoisotopic (exact) mass is 229 g/mol. The second-order valence-electron chi connectivity index (χ2n) is 2.65. The van der Waals surface area contributed by atoms with Crippen molar-refractivity contribution in [2.75, 3.05) is 0 Å². The van der Waals surface area contributed by atoms with E-state index in [0.29, 0.717) is 10.9 Å². The average Bonchev–Trinajstić information content (AvgIpc) is 2.50. The Labute approximate surface area is 88.6 Å². The number of aromatic nitrogens is 1. The summed E-state index contributed by atoms with van der Waals surface area (Å²) < 4.78 is 0. The van der Waals surface area contributed by atoms with Crippen molar-refractivity contribution in [1.82, 2.24) is 4.98 Å². The number of nitro groups is 1. The molecule has 1 N–H and O–H groups in total. The van der Waals surface area contributed by atoms with Crippen molar-refractivity contribution in [3.63, 3.8) is 0 Å². The van der Waals surface area contributed by atoms with Gasteiger partial charge in [0.1, 0.15) is 10.0 Å². The highest BCUT2D eigenvalue weighted by Gasteiger charge is 2.20. The van der Waals surface area contributed by atoms with Crippen molar-refractivity contribution in [3.05, 3.63) is 38.5 Å². The van der Waals surface area contributed by atoms with Gasteiger partial charge < -0.3 is 4.98 Å². The van der Waals surface area contributed by atoms with Gasteiger partial charge in [0.05, 0.1) is 11.1 Å². The fourth-order valence-corrected chi connectivity index (χ4v) is 1.87. The molecule has 1 aromatic heterocycles. The van der Waals surface area contributed by atoms with Crippen LogP contribution in [-0.2, 0) is 0 Å². The van der Waals surface area contributed by atoms with E-state index in [1.807, 2.05) is 0 Å². The SMILES string of the molecule is O=[N+]([O-])c1c(Cl)cc2[nH][c]cc2c1Cl. The summed E-state index contributed by atoms with van der Waals surface area (Å²) in [6.45, 7) is 0. The van der Waals surface area contributed by atoms with Gasteiger partial charge in [-0.25, -0.2) is 0 Å². The summed E-state index contributed by atoms with van der Waals surface area (Å²) in [4.78, 5) is 12.8. The van der Waals surface area contributed by atoms with E-state index in [1.54, 1.807) is 6.07 Å². The molecule has 0 spiro atoms. The number of H-pyrrole nitrogens is 1. The van der Waals surface area contributed by atoms with Gasteiger partial charge in [0.25, 0.3) is 0 Å². The number of nitrogens with one attached hydrogen (secondary N) is 1. The molecule has 0 aliphatic rings. The fraction of sp³-hybridized carbons (Fsp3) is 0. The Kier molecular flexibility index (Phi) is 2.09. The topological polar surface area (TPSA) is 58.9 Å². The quantitative estimate of drug-likeness (QED) is 0.604. The summed E-state index contributed by atoms with van der Waals surface area (Å²) in [6, 6.07) is 3.00. The van der Waals surface area contributed by atoms with Crippen LogP contribution in [0.3, 0.4) is 0 Å². The van der Waals surface area contributed by atoms with Crippen LogP contribution in [0.1, 0.15) is 0 Å². The van der Waals surface area contributed by atoms with Crippen molar-refractivity contribution in [2.45, 2.75) is 0 Å². The molecule has 1 heterocycles. The van der Waals surface area contributed by atoms with E-state index in [2.05, 4.69) is 11.2 Å². The third-order valence-corrected chi connectivity index (χ3v) is 2.51. The average molecular weight is 230 g/mol. The molecule has 0 saturated heterocycles. The van der Waals surface area contributed by atoms with Crippen molar-refractivity contribution < 1.29 is 4.92 Å². The van der Waals surface area contributed by atoms with Gasteiger partial charge >= 0.3 is 5.69 Å². The largest absolute Gasteiger partial charge is 0.353 e. The zero-order valence-corrected chi connectivity index (χ0v) is 8.19. The van der Waals surface area contributed by atoms with Gasteiger partial charge in [-0.1, -0.05) is 23.2 Å². The maximum Gasteiger partial charge on any atom is 0.307 e. The van der Waals surface area contributed by atoms with Gasteiger partial charge in [-0.3, -0.25) is 10.1 Å². The summed E-state index contributed by atoms with van der Waals surface area (Å²) in [6.07, 6.45) is 2.68. The second kappa shape index (κ2) is 3.15. The minimum Gasteiger partial charge on any atom is -0.353 e. The number of halogens is 2. The molecule has 14 heavy (non-hydrogen) atoms. The van der Waals surface area contributed by atoms with Crippen molar-refractivity contribution in [1.29, 1.82) is 0 Å². The Balaban J connectivity index is 2.89. The summed E-state index contributed by atoms with van der Waals surface area (Å²) >= 11 is 11.5. The molecule has 0 saturated carbocycles. The van der Waals surface area contributed by atoms with Crippen LogP contribution in [0.15, 0.2) is 12.1 Å².